The Kier molecular flexibility index (Phi) is 6.88. The number of aliphatic hydroxyl groups is 1. The van der Waals surface area contributed by atoms with Gasteiger partial charge in [-0.2, -0.15) is 0 Å². The Morgan fingerprint density at radius 2 is 2.00 bits per heavy atom. The average Bonchev–Trinajstić information content (AvgIpc) is 2.44. The molecule has 0 saturated carbocycles. The van der Waals surface area contributed by atoms with Crippen molar-refractivity contribution in [1.29, 1.82) is 0 Å². The molecule has 1 aliphatic rings. The summed E-state index contributed by atoms with van der Waals surface area (Å²) < 4.78 is 13.4. The SMILES string of the molecule is CC(C)(CO)[C@@H](c1ccc(F)c(Cl)c1)N1CCNCC1.Cl. The second-order valence-electron chi connectivity index (χ2n) is 6.01. The zero-order chi connectivity index (χ0) is 14.8. The van der Waals surface area contributed by atoms with Gasteiger partial charge in [0.1, 0.15) is 5.82 Å². The summed E-state index contributed by atoms with van der Waals surface area (Å²) in [5, 5.41) is 13.2. The highest BCUT2D eigenvalue weighted by Gasteiger charge is 2.35. The molecule has 0 bridgehead atoms. The molecule has 1 atom stereocenters. The highest BCUT2D eigenvalue weighted by molar-refractivity contribution is 6.30. The van der Waals surface area contributed by atoms with Gasteiger partial charge >= 0.3 is 0 Å². The lowest BCUT2D eigenvalue weighted by molar-refractivity contribution is 0.0305. The Labute approximate surface area is 136 Å². The predicted molar refractivity (Wildman–Crippen MR) is 86.7 cm³/mol. The van der Waals surface area contributed by atoms with E-state index in [0.717, 1.165) is 31.7 Å². The third-order valence-electron chi connectivity index (χ3n) is 3.92. The van der Waals surface area contributed by atoms with Gasteiger partial charge in [-0.15, -0.1) is 12.4 Å². The average molecular weight is 337 g/mol. The second-order valence-corrected chi connectivity index (χ2v) is 6.42. The quantitative estimate of drug-likeness (QED) is 0.887. The lowest BCUT2D eigenvalue weighted by atomic mass is 9.79. The molecule has 0 amide bonds. The summed E-state index contributed by atoms with van der Waals surface area (Å²) in [7, 11) is 0. The van der Waals surface area contributed by atoms with Crippen molar-refractivity contribution in [1.82, 2.24) is 10.2 Å². The van der Waals surface area contributed by atoms with Crippen LogP contribution >= 0.6 is 24.0 Å². The van der Waals surface area contributed by atoms with Crippen LogP contribution in [0.4, 0.5) is 4.39 Å². The van der Waals surface area contributed by atoms with Crippen LogP contribution in [-0.2, 0) is 0 Å². The van der Waals surface area contributed by atoms with Crippen LogP contribution in [0.1, 0.15) is 25.5 Å². The molecule has 0 aliphatic carbocycles. The summed E-state index contributed by atoms with van der Waals surface area (Å²) in [6, 6.07) is 4.87. The van der Waals surface area contributed by atoms with E-state index in [1.54, 1.807) is 12.1 Å². The normalized spacial score (nSPS) is 18.1. The molecule has 1 aromatic carbocycles. The van der Waals surface area contributed by atoms with Crippen LogP contribution < -0.4 is 5.32 Å². The van der Waals surface area contributed by atoms with Crippen molar-refractivity contribution in [3.8, 4) is 0 Å². The van der Waals surface area contributed by atoms with Gasteiger partial charge in [0, 0.05) is 44.2 Å². The maximum Gasteiger partial charge on any atom is 0.141 e. The monoisotopic (exact) mass is 336 g/mol. The number of hydrogen-bond donors (Lipinski definition) is 2. The summed E-state index contributed by atoms with van der Waals surface area (Å²) in [4.78, 5) is 2.33. The standard InChI is InChI=1S/C15H22ClFN2O.ClH/c1-15(2,10-20)14(19-7-5-18-6-8-19)11-3-4-13(17)12(16)9-11;/h3-4,9,14,18,20H,5-8,10H2,1-2H3;1H/t14-;/m1./s1. The van der Waals surface area contributed by atoms with Gasteiger partial charge in [0.15, 0.2) is 0 Å². The minimum atomic E-state index is -0.406. The highest BCUT2D eigenvalue weighted by atomic mass is 35.5. The van der Waals surface area contributed by atoms with E-state index in [1.165, 1.54) is 6.07 Å². The van der Waals surface area contributed by atoms with Crippen LogP contribution in [0.25, 0.3) is 0 Å². The fraction of sp³-hybridized carbons (Fsp3) is 0.600. The highest BCUT2D eigenvalue weighted by Crippen LogP contribution is 2.39. The van der Waals surface area contributed by atoms with Crippen molar-refractivity contribution >= 4 is 24.0 Å². The first-order valence-corrected chi connectivity index (χ1v) is 7.34. The van der Waals surface area contributed by atoms with E-state index >= 15 is 0 Å². The molecular weight excluding hydrogens is 314 g/mol. The lowest BCUT2D eigenvalue weighted by Crippen LogP contribution is -2.49. The van der Waals surface area contributed by atoms with E-state index in [2.05, 4.69) is 10.2 Å². The van der Waals surface area contributed by atoms with E-state index in [9.17, 15) is 9.50 Å². The van der Waals surface area contributed by atoms with Gasteiger partial charge in [-0.1, -0.05) is 31.5 Å². The van der Waals surface area contributed by atoms with Gasteiger partial charge in [-0.25, -0.2) is 4.39 Å². The van der Waals surface area contributed by atoms with Crippen molar-refractivity contribution in [2.75, 3.05) is 32.8 Å². The third kappa shape index (κ3) is 4.30. The zero-order valence-electron chi connectivity index (χ0n) is 12.4. The maximum atomic E-state index is 13.4. The predicted octanol–water partition coefficient (Wildman–Crippen LogP) is 2.87. The minimum absolute atomic E-state index is 0. The molecule has 120 valence electrons. The summed E-state index contributed by atoms with van der Waals surface area (Å²) in [5.41, 5.74) is 0.635. The number of aliphatic hydroxyl groups excluding tert-OH is 1. The van der Waals surface area contributed by atoms with E-state index in [4.69, 9.17) is 11.6 Å². The zero-order valence-corrected chi connectivity index (χ0v) is 14.0. The molecule has 3 nitrogen and oxygen atoms in total. The molecule has 1 aliphatic heterocycles. The van der Waals surface area contributed by atoms with Crippen LogP contribution in [-0.4, -0.2) is 42.8 Å². The molecule has 1 fully saturated rings. The van der Waals surface area contributed by atoms with Gasteiger partial charge in [0.05, 0.1) is 5.02 Å². The Morgan fingerprint density at radius 1 is 1.38 bits per heavy atom. The lowest BCUT2D eigenvalue weighted by Gasteiger charge is -2.43. The third-order valence-corrected chi connectivity index (χ3v) is 4.21. The number of nitrogens with zero attached hydrogens (tertiary/aromatic N) is 1. The summed E-state index contributed by atoms with van der Waals surface area (Å²) in [5.74, 6) is -0.406. The Morgan fingerprint density at radius 3 is 2.52 bits per heavy atom. The van der Waals surface area contributed by atoms with E-state index < -0.39 is 5.82 Å². The second kappa shape index (κ2) is 7.75. The molecule has 0 unspecified atom stereocenters. The van der Waals surface area contributed by atoms with E-state index in [-0.39, 0.29) is 35.5 Å². The molecule has 0 spiro atoms. The Balaban J connectivity index is 0.00000220. The summed E-state index contributed by atoms with van der Waals surface area (Å²) in [6.07, 6.45) is 0. The van der Waals surface area contributed by atoms with Gasteiger partial charge in [-0.3, -0.25) is 4.90 Å². The van der Waals surface area contributed by atoms with Crippen molar-refractivity contribution in [3.63, 3.8) is 0 Å². The molecule has 2 N–H and O–H groups in total. The van der Waals surface area contributed by atoms with Crippen LogP contribution in [0.2, 0.25) is 5.02 Å². The summed E-state index contributed by atoms with van der Waals surface area (Å²) in [6.45, 7) is 7.77. The number of hydrogen-bond acceptors (Lipinski definition) is 3. The largest absolute Gasteiger partial charge is 0.396 e. The molecule has 1 aromatic rings. The molecule has 1 heterocycles. The van der Waals surface area contributed by atoms with Crippen molar-refractivity contribution in [3.05, 3.63) is 34.6 Å². The Bertz CT molecular complexity index is 465. The first kappa shape index (κ1) is 18.7. The van der Waals surface area contributed by atoms with Crippen LogP contribution in [0.15, 0.2) is 18.2 Å². The smallest absolute Gasteiger partial charge is 0.141 e. The number of rotatable bonds is 4. The molecule has 0 aromatic heterocycles. The molecule has 6 heteroatoms. The van der Waals surface area contributed by atoms with E-state index in [0.29, 0.717) is 0 Å². The first-order chi connectivity index (χ1) is 9.45. The topological polar surface area (TPSA) is 35.5 Å². The van der Waals surface area contributed by atoms with E-state index in [1.807, 2.05) is 13.8 Å². The number of piperazine rings is 1. The molecular formula is C15H23Cl2FN2O. The van der Waals surface area contributed by atoms with Gasteiger partial charge in [0.25, 0.3) is 0 Å². The molecule has 0 radical (unpaired) electrons. The van der Waals surface area contributed by atoms with Crippen molar-refractivity contribution in [2.45, 2.75) is 19.9 Å². The fourth-order valence-corrected chi connectivity index (χ4v) is 3.05. The van der Waals surface area contributed by atoms with Crippen LogP contribution in [0.3, 0.4) is 0 Å². The van der Waals surface area contributed by atoms with Crippen molar-refractivity contribution in [2.24, 2.45) is 5.41 Å². The van der Waals surface area contributed by atoms with Crippen LogP contribution in [0.5, 0.6) is 0 Å². The van der Waals surface area contributed by atoms with Crippen molar-refractivity contribution < 1.29 is 9.50 Å². The maximum absolute atomic E-state index is 13.4. The summed E-state index contributed by atoms with van der Waals surface area (Å²) >= 11 is 5.92. The first-order valence-electron chi connectivity index (χ1n) is 6.96. The Hall–Kier alpha value is -0.390. The molecule has 1 saturated heterocycles. The van der Waals surface area contributed by atoms with Gasteiger partial charge in [0.2, 0.25) is 0 Å². The van der Waals surface area contributed by atoms with Crippen LogP contribution in [0, 0.1) is 11.2 Å². The number of halogens is 3. The molecule has 21 heavy (non-hydrogen) atoms. The van der Waals surface area contributed by atoms with Gasteiger partial charge < -0.3 is 10.4 Å². The number of nitrogens with one attached hydrogen (secondary N) is 1. The molecule has 2 rings (SSSR count). The van der Waals surface area contributed by atoms with Gasteiger partial charge in [-0.05, 0) is 17.7 Å². The number of benzene rings is 1. The minimum Gasteiger partial charge on any atom is -0.396 e. The fourth-order valence-electron chi connectivity index (χ4n) is 2.87.